The van der Waals surface area contributed by atoms with E-state index < -0.39 is 47.9 Å². The molecule has 1 aromatic heterocycles. The molecule has 4 atom stereocenters. The molecule has 0 fully saturated rings. The topological polar surface area (TPSA) is 295 Å². The fourth-order valence-electron chi connectivity index (χ4n) is 4.67. The predicted molar refractivity (Wildman–Crippen MR) is 173 cm³/mol. The molecule has 0 aliphatic heterocycles. The highest BCUT2D eigenvalue weighted by Gasteiger charge is 2.31. The molecule has 2 rings (SSSR count). The second-order valence-electron chi connectivity index (χ2n) is 11.2. The average molecular weight is 630 g/mol. The molecule has 2 aromatic rings. The smallest absolute Gasteiger partial charge is 0.326 e. The number of carbonyl (C=O) groups is 4. The van der Waals surface area contributed by atoms with Crippen molar-refractivity contribution in [3.05, 3.63) is 36.0 Å². The lowest BCUT2D eigenvalue weighted by Crippen LogP contribution is -2.57. The molecular formula is C29H47N11O5. The van der Waals surface area contributed by atoms with Gasteiger partial charge >= 0.3 is 5.97 Å². The van der Waals surface area contributed by atoms with Crippen LogP contribution < -0.4 is 44.6 Å². The number of aliphatic carboxylic acids is 1. The zero-order chi connectivity index (χ0) is 33.5. The number of aromatic nitrogens is 1. The van der Waals surface area contributed by atoms with Gasteiger partial charge in [-0.1, -0.05) is 32.0 Å². The number of guanidine groups is 2. The van der Waals surface area contributed by atoms with Gasteiger partial charge in [0.1, 0.15) is 18.1 Å². The normalized spacial score (nSPS) is 13.7. The van der Waals surface area contributed by atoms with E-state index in [0.29, 0.717) is 12.8 Å². The van der Waals surface area contributed by atoms with Crippen molar-refractivity contribution in [1.29, 1.82) is 0 Å². The largest absolute Gasteiger partial charge is 0.480 e. The van der Waals surface area contributed by atoms with E-state index in [1.807, 2.05) is 38.1 Å². The summed E-state index contributed by atoms with van der Waals surface area (Å²) in [6.07, 6.45) is 3.13. The highest BCUT2D eigenvalue weighted by molar-refractivity contribution is 5.94. The van der Waals surface area contributed by atoms with E-state index in [-0.39, 0.29) is 56.6 Å². The molecule has 1 aromatic carbocycles. The summed E-state index contributed by atoms with van der Waals surface area (Å²) in [6.45, 7) is 4.22. The summed E-state index contributed by atoms with van der Waals surface area (Å²) >= 11 is 0. The van der Waals surface area contributed by atoms with Gasteiger partial charge in [0.05, 0.1) is 6.04 Å². The standard InChI is InChI=1S/C29H47N11O5/c1-16(2)13-22(26(43)40-23(27(44)45)14-17-15-37-20-9-4-3-7-18(17)20)39-25(42)21(10-6-12-36-29(33)34)38-24(41)19(30)8-5-11-35-28(31)32/h3-4,7,9,15-16,19,21-23,37H,5-6,8,10-14,30H2,1-2H3,(H,38,41)(H,39,42)(H,40,43)(H,44,45)(H4,31,32,35)(H4,33,34,36). The molecule has 0 aliphatic rings. The molecule has 0 saturated carbocycles. The van der Waals surface area contributed by atoms with Gasteiger partial charge in [0.2, 0.25) is 17.7 Å². The number of nitrogens with zero attached hydrogens (tertiary/aromatic N) is 2. The number of nitrogens with one attached hydrogen (secondary N) is 4. The number of H-pyrrole nitrogens is 1. The molecule has 0 aliphatic carbocycles. The molecule has 0 saturated heterocycles. The third-order valence-electron chi connectivity index (χ3n) is 6.94. The van der Waals surface area contributed by atoms with Gasteiger partial charge < -0.3 is 54.7 Å². The number of benzene rings is 1. The monoisotopic (exact) mass is 629 g/mol. The van der Waals surface area contributed by atoms with E-state index in [9.17, 15) is 24.3 Å². The van der Waals surface area contributed by atoms with Crippen LogP contribution in [0, 0.1) is 5.92 Å². The van der Waals surface area contributed by atoms with Crippen LogP contribution in [0.15, 0.2) is 40.4 Å². The SMILES string of the molecule is CC(C)CC(NC(=O)C(CCCN=C(N)N)NC(=O)C(N)CCCN=C(N)N)C(=O)NC(Cc1c[nH]c2ccccc12)C(=O)O. The summed E-state index contributed by atoms with van der Waals surface area (Å²) in [7, 11) is 0. The van der Waals surface area contributed by atoms with Gasteiger partial charge in [-0.05, 0) is 49.7 Å². The van der Waals surface area contributed by atoms with E-state index in [4.69, 9.17) is 28.7 Å². The maximum absolute atomic E-state index is 13.5. The van der Waals surface area contributed by atoms with Crippen LogP contribution in [0.5, 0.6) is 0 Å². The predicted octanol–water partition coefficient (Wildman–Crippen LogP) is -1.27. The Morgan fingerprint density at radius 2 is 1.38 bits per heavy atom. The first-order valence-corrected chi connectivity index (χ1v) is 14.8. The number of amides is 3. The van der Waals surface area contributed by atoms with Crippen molar-refractivity contribution >= 4 is 46.5 Å². The van der Waals surface area contributed by atoms with Crippen molar-refractivity contribution in [1.82, 2.24) is 20.9 Å². The Hall–Kier alpha value is -4.86. The van der Waals surface area contributed by atoms with E-state index in [1.54, 1.807) is 6.20 Å². The first-order valence-electron chi connectivity index (χ1n) is 14.8. The van der Waals surface area contributed by atoms with Crippen molar-refractivity contribution in [2.24, 2.45) is 44.6 Å². The van der Waals surface area contributed by atoms with Crippen molar-refractivity contribution in [3.8, 4) is 0 Å². The molecule has 15 N–H and O–H groups in total. The number of rotatable bonds is 19. The van der Waals surface area contributed by atoms with E-state index in [0.717, 1.165) is 16.5 Å². The molecule has 16 heteroatoms. The summed E-state index contributed by atoms with van der Waals surface area (Å²) in [5.41, 5.74) is 29.0. The summed E-state index contributed by atoms with van der Waals surface area (Å²) < 4.78 is 0. The first-order chi connectivity index (χ1) is 21.3. The number of nitrogens with two attached hydrogens (primary N) is 5. The van der Waals surface area contributed by atoms with Crippen molar-refractivity contribution in [2.45, 2.75) is 76.5 Å². The fraction of sp³-hybridized carbons (Fsp3) is 0.517. The lowest BCUT2D eigenvalue weighted by Gasteiger charge is -2.26. The molecule has 0 radical (unpaired) electrons. The Kier molecular flexibility index (Phi) is 14.6. The Morgan fingerprint density at radius 1 is 0.822 bits per heavy atom. The van der Waals surface area contributed by atoms with Crippen LogP contribution in [0.4, 0.5) is 0 Å². The average Bonchev–Trinajstić information content (AvgIpc) is 3.37. The zero-order valence-corrected chi connectivity index (χ0v) is 25.8. The van der Waals surface area contributed by atoms with Crippen LogP contribution in [0.1, 0.15) is 51.5 Å². The molecule has 248 valence electrons. The maximum Gasteiger partial charge on any atom is 0.326 e. The highest BCUT2D eigenvalue weighted by atomic mass is 16.4. The van der Waals surface area contributed by atoms with Gasteiger partial charge in [0.25, 0.3) is 0 Å². The van der Waals surface area contributed by atoms with Gasteiger partial charge in [-0.25, -0.2) is 4.79 Å². The van der Waals surface area contributed by atoms with E-state index in [2.05, 4.69) is 30.9 Å². The Balaban J connectivity index is 2.16. The third-order valence-corrected chi connectivity index (χ3v) is 6.94. The van der Waals surface area contributed by atoms with Crippen LogP contribution in [-0.2, 0) is 25.6 Å². The zero-order valence-electron chi connectivity index (χ0n) is 25.8. The quantitative estimate of drug-likeness (QED) is 0.0499. The molecule has 16 nitrogen and oxygen atoms in total. The van der Waals surface area contributed by atoms with Crippen molar-refractivity contribution in [2.75, 3.05) is 13.1 Å². The Bertz CT molecular complexity index is 1350. The molecule has 0 spiro atoms. The lowest BCUT2D eigenvalue weighted by molar-refractivity contribution is -0.142. The van der Waals surface area contributed by atoms with Gasteiger partial charge in [-0.3, -0.25) is 24.4 Å². The number of carboxylic acids is 1. The number of para-hydroxylation sites is 1. The van der Waals surface area contributed by atoms with Crippen LogP contribution >= 0.6 is 0 Å². The van der Waals surface area contributed by atoms with Crippen LogP contribution in [0.3, 0.4) is 0 Å². The lowest BCUT2D eigenvalue weighted by atomic mass is 10.0. The van der Waals surface area contributed by atoms with E-state index in [1.165, 1.54) is 0 Å². The molecule has 3 amide bonds. The maximum atomic E-state index is 13.5. The Morgan fingerprint density at radius 3 is 1.98 bits per heavy atom. The third kappa shape index (κ3) is 12.7. The number of hydrogen-bond acceptors (Lipinski definition) is 7. The van der Waals surface area contributed by atoms with Crippen LogP contribution in [-0.4, -0.2) is 83.0 Å². The second kappa shape index (κ2) is 18.1. The first kappa shape index (κ1) is 36.3. The fourth-order valence-corrected chi connectivity index (χ4v) is 4.67. The van der Waals surface area contributed by atoms with Gasteiger partial charge in [-0.15, -0.1) is 0 Å². The van der Waals surface area contributed by atoms with Gasteiger partial charge in [0.15, 0.2) is 11.9 Å². The molecule has 1 heterocycles. The molecule has 0 bridgehead atoms. The minimum atomic E-state index is -1.25. The van der Waals surface area contributed by atoms with Crippen LogP contribution in [0.25, 0.3) is 10.9 Å². The molecule has 45 heavy (non-hydrogen) atoms. The molecular weight excluding hydrogens is 582 g/mol. The van der Waals surface area contributed by atoms with Crippen molar-refractivity contribution in [3.63, 3.8) is 0 Å². The number of aromatic amines is 1. The number of aliphatic imine (C=N–C) groups is 2. The summed E-state index contributed by atoms with van der Waals surface area (Å²) in [5.74, 6) is -3.31. The van der Waals surface area contributed by atoms with Gasteiger partial charge in [-0.2, -0.15) is 0 Å². The minimum Gasteiger partial charge on any atom is -0.480 e. The Labute approximate surface area is 262 Å². The number of fused-ring (bicyclic) bond motifs is 1. The van der Waals surface area contributed by atoms with Crippen molar-refractivity contribution < 1.29 is 24.3 Å². The minimum absolute atomic E-state index is 0.0258. The summed E-state index contributed by atoms with van der Waals surface area (Å²) in [5, 5.41) is 18.7. The highest BCUT2D eigenvalue weighted by Crippen LogP contribution is 2.19. The van der Waals surface area contributed by atoms with Gasteiger partial charge in [0, 0.05) is 36.6 Å². The number of carboxylic acid groups (broad SMARTS) is 1. The number of hydrogen-bond donors (Lipinski definition) is 10. The van der Waals surface area contributed by atoms with E-state index >= 15 is 0 Å². The second-order valence-corrected chi connectivity index (χ2v) is 11.2. The summed E-state index contributed by atoms with van der Waals surface area (Å²) in [4.78, 5) is 62.8. The summed E-state index contributed by atoms with van der Waals surface area (Å²) in [6, 6.07) is 3.09. The van der Waals surface area contributed by atoms with Crippen LogP contribution in [0.2, 0.25) is 0 Å². The molecule has 4 unspecified atom stereocenters. The number of carbonyl (C=O) groups excluding carboxylic acids is 3.